The summed E-state index contributed by atoms with van der Waals surface area (Å²) in [5.41, 5.74) is 0. The second-order valence-corrected chi connectivity index (χ2v) is 3.85. The van der Waals surface area contributed by atoms with Crippen LogP contribution in [0.4, 0.5) is 0 Å². The van der Waals surface area contributed by atoms with E-state index in [9.17, 15) is 9.59 Å². The zero-order chi connectivity index (χ0) is 11.1. The molecular formula is C9H15NO3S. The third kappa shape index (κ3) is 4.91. The SMILES string of the molecule is CS/C=C/C(=O)NC(C(=O)O)C(C)C. The average molecular weight is 217 g/mol. The van der Waals surface area contributed by atoms with Gasteiger partial charge >= 0.3 is 5.97 Å². The molecule has 0 aromatic carbocycles. The van der Waals surface area contributed by atoms with E-state index in [-0.39, 0.29) is 11.8 Å². The number of carboxylic acids is 1. The van der Waals surface area contributed by atoms with Crippen molar-refractivity contribution in [1.29, 1.82) is 0 Å². The molecule has 14 heavy (non-hydrogen) atoms. The average Bonchev–Trinajstić information content (AvgIpc) is 2.09. The molecule has 1 atom stereocenters. The standard InChI is InChI=1S/C9H15NO3S/c1-6(2)8(9(12)13)10-7(11)4-5-14-3/h4-6,8H,1-3H3,(H,10,11)(H,12,13)/b5-4+. The van der Waals surface area contributed by atoms with Crippen LogP contribution >= 0.6 is 11.8 Å². The van der Waals surface area contributed by atoms with E-state index in [2.05, 4.69) is 5.32 Å². The lowest BCUT2D eigenvalue weighted by Crippen LogP contribution is -2.43. The number of nitrogens with one attached hydrogen (secondary N) is 1. The van der Waals surface area contributed by atoms with Crippen LogP contribution in [0.2, 0.25) is 0 Å². The van der Waals surface area contributed by atoms with Crippen molar-refractivity contribution >= 4 is 23.6 Å². The maximum absolute atomic E-state index is 11.1. The summed E-state index contributed by atoms with van der Waals surface area (Å²) in [6.45, 7) is 3.49. The van der Waals surface area contributed by atoms with Crippen molar-refractivity contribution in [2.45, 2.75) is 19.9 Å². The number of aliphatic carboxylic acids is 1. The first-order chi connectivity index (χ1) is 6.49. The molecule has 5 heteroatoms. The van der Waals surface area contributed by atoms with Crippen molar-refractivity contribution in [3.05, 3.63) is 11.5 Å². The van der Waals surface area contributed by atoms with Gasteiger partial charge in [0.25, 0.3) is 0 Å². The van der Waals surface area contributed by atoms with Gasteiger partial charge in [0.2, 0.25) is 5.91 Å². The molecule has 0 bridgehead atoms. The van der Waals surface area contributed by atoms with E-state index in [4.69, 9.17) is 5.11 Å². The van der Waals surface area contributed by atoms with E-state index < -0.39 is 12.0 Å². The van der Waals surface area contributed by atoms with Gasteiger partial charge in [0, 0.05) is 6.08 Å². The predicted octanol–water partition coefficient (Wildman–Crippen LogP) is 1.09. The summed E-state index contributed by atoms with van der Waals surface area (Å²) in [5.74, 6) is -1.51. The molecule has 0 heterocycles. The highest BCUT2D eigenvalue weighted by Gasteiger charge is 2.22. The van der Waals surface area contributed by atoms with Crippen molar-refractivity contribution in [3.63, 3.8) is 0 Å². The van der Waals surface area contributed by atoms with Gasteiger partial charge in [0.1, 0.15) is 6.04 Å². The molecule has 0 saturated heterocycles. The molecule has 0 rings (SSSR count). The Kier molecular flexibility index (Phi) is 6.03. The topological polar surface area (TPSA) is 66.4 Å². The predicted molar refractivity (Wildman–Crippen MR) is 57.1 cm³/mol. The van der Waals surface area contributed by atoms with Crippen LogP contribution in [-0.2, 0) is 9.59 Å². The number of thioether (sulfide) groups is 1. The Morgan fingerprint density at radius 2 is 2.00 bits per heavy atom. The second-order valence-electron chi connectivity index (χ2n) is 3.11. The Hall–Kier alpha value is -0.970. The summed E-state index contributed by atoms with van der Waals surface area (Å²) in [7, 11) is 0. The summed E-state index contributed by atoms with van der Waals surface area (Å²) in [6, 6.07) is -0.825. The zero-order valence-electron chi connectivity index (χ0n) is 8.48. The smallest absolute Gasteiger partial charge is 0.326 e. The number of carbonyl (C=O) groups excluding carboxylic acids is 1. The quantitative estimate of drug-likeness (QED) is 0.676. The molecule has 0 radical (unpaired) electrons. The monoisotopic (exact) mass is 217 g/mol. The van der Waals surface area contributed by atoms with Crippen LogP contribution in [0.3, 0.4) is 0 Å². The summed E-state index contributed by atoms with van der Waals surface area (Å²) >= 11 is 1.39. The number of hydrogen-bond acceptors (Lipinski definition) is 3. The number of carboxylic acid groups (broad SMARTS) is 1. The molecular weight excluding hydrogens is 202 g/mol. The summed E-state index contributed by atoms with van der Waals surface area (Å²) in [4.78, 5) is 21.9. The van der Waals surface area contributed by atoms with Gasteiger partial charge in [-0.1, -0.05) is 13.8 Å². The van der Waals surface area contributed by atoms with Crippen molar-refractivity contribution < 1.29 is 14.7 Å². The third-order valence-electron chi connectivity index (χ3n) is 1.59. The van der Waals surface area contributed by atoms with Crippen LogP contribution < -0.4 is 5.32 Å². The number of rotatable bonds is 5. The lowest BCUT2D eigenvalue weighted by atomic mass is 10.1. The van der Waals surface area contributed by atoms with Crippen molar-refractivity contribution in [2.24, 2.45) is 5.92 Å². The van der Waals surface area contributed by atoms with Gasteiger partial charge in [-0.3, -0.25) is 4.79 Å². The molecule has 0 saturated carbocycles. The van der Waals surface area contributed by atoms with Crippen LogP contribution in [0, 0.1) is 5.92 Å². The Labute approximate surface area is 87.8 Å². The number of amides is 1. The molecule has 0 spiro atoms. The van der Waals surface area contributed by atoms with Crippen LogP contribution in [-0.4, -0.2) is 29.3 Å². The van der Waals surface area contributed by atoms with Gasteiger partial charge in [0.05, 0.1) is 0 Å². The summed E-state index contributed by atoms with van der Waals surface area (Å²) < 4.78 is 0. The first-order valence-electron chi connectivity index (χ1n) is 4.21. The van der Waals surface area contributed by atoms with Gasteiger partial charge < -0.3 is 10.4 Å². The van der Waals surface area contributed by atoms with Crippen molar-refractivity contribution in [1.82, 2.24) is 5.32 Å². The highest BCUT2D eigenvalue weighted by molar-refractivity contribution is 8.01. The van der Waals surface area contributed by atoms with Crippen molar-refractivity contribution in [2.75, 3.05) is 6.26 Å². The Morgan fingerprint density at radius 3 is 2.36 bits per heavy atom. The van der Waals surface area contributed by atoms with Gasteiger partial charge in [-0.25, -0.2) is 4.79 Å². The number of hydrogen-bond donors (Lipinski definition) is 2. The van der Waals surface area contributed by atoms with Gasteiger partial charge in [-0.05, 0) is 17.6 Å². The van der Waals surface area contributed by atoms with Crippen LogP contribution in [0.1, 0.15) is 13.8 Å². The molecule has 0 aliphatic heterocycles. The highest BCUT2D eigenvalue weighted by atomic mass is 32.2. The van der Waals surface area contributed by atoms with Crippen LogP contribution in [0.15, 0.2) is 11.5 Å². The van der Waals surface area contributed by atoms with E-state index in [0.717, 1.165) is 0 Å². The highest BCUT2D eigenvalue weighted by Crippen LogP contribution is 2.02. The molecule has 1 unspecified atom stereocenters. The van der Waals surface area contributed by atoms with E-state index in [1.165, 1.54) is 17.8 Å². The minimum atomic E-state index is -1.01. The maximum atomic E-state index is 11.1. The molecule has 1 amide bonds. The van der Waals surface area contributed by atoms with E-state index in [1.54, 1.807) is 19.3 Å². The summed E-state index contributed by atoms with van der Waals surface area (Å²) in [5, 5.41) is 12.8. The first-order valence-corrected chi connectivity index (χ1v) is 5.50. The Bertz CT molecular complexity index is 238. The number of carbonyl (C=O) groups is 2. The third-order valence-corrected chi connectivity index (χ3v) is 1.99. The fourth-order valence-corrected chi connectivity index (χ4v) is 1.10. The fraction of sp³-hybridized carbons (Fsp3) is 0.556. The first kappa shape index (κ1) is 13.0. The molecule has 80 valence electrons. The van der Waals surface area contributed by atoms with Gasteiger partial charge in [-0.15, -0.1) is 11.8 Å². The van der Waals surface area contributed by atoms with Gasteiger partial charge in [-0.2, -0.15) is 0 Å². The fourth-order valence-electron chi connectivity index (χ4n) is 0.845. The van der Waals surface area contributed by atoms with E-state index >= 15 is 0 Å². The molecule has 0 aliphatic rings. The Morgan fingerprint density at radius 1 is 1.43 bits per heavy atom. The van der Waals surface area contributed by atoms with Gasteiger partial charge in [0.15, 0.2) is 0 Å². The van der Waals surface area contributed by atoms with E-state index in [1.807, 2.05) is 6.26 Å². The van der Waals surface area contributed by atoms with Crippen LogP contribution in [0.25, 0.3) is 0 Å². The molecule has 4 nitrogen and oxygen atoms in total. The molecule has 0 aromatic heterocycles. The molecule has 2 N–H and O–H groups in total. The van der Waals surface area contributed by atoms with E-state index in [0.29, 0.717) is 0 Å². The molecule has 0 aromatic rings. The molecule has 0 fully saturated rings. The minimum absolute atomic E-state index is 0.126. The lowest BCUT2D eigenvalue weighted by molar-refractivity contribution is -0.142. The summed E-state index contributed by atoms with van der Waals surface area (Å²) in [6.07, 6.45) is 3.14. The Balaban J connectivity index is 4.24. The molecule has 0 aliphatic carbocycles. The largest absolute Gasteiger partial charge is 0.480 e. The van der Waals surface area contributed by atoms with Crippen molar-refractivity contribution in [3.8, 4) is 0 Å². The normalized spacial score (nSPS) is 13.1. The second kappa shape index (κ2) is 6.48. The zero-order valence-corrected chi connectivity index (χ0v) is 9.30. The minimum Gasteiger partial charge on any atom is -0.480 e. The lowest BCUT2D eigenvalue weighted by Gasteiger charge is -2.16. The maximum Gasteiger partial charge on any atom is 0.326 e. The van der Waals surface area contributed by atoms with Crippen LogP contribution in [0.5, 0.6) is 0 Å².